The van der Waals surface area contributed by atoms with E-state index in [4.69, 9.17) is 14.2 Å². The molecule has 0 saturated carbocycles. The highest BCUT2D eigenvalue weighted by molar-refractivity contribution is 7.92. The lowest BCUT2D eigenvalue weighted by Gasteiger charge is -2.43. The van der Waals surface area contributed by atoms with Gasteiger partial charge in [0.2, 0.25) is 0 Å². The number of anilines is 1. The van der Waals surface area contributed by atoms with Crippen molar-refractivity contribution in [2.45, 2.75) is 55.8 Å². The number of likely N-dealkylation sites (tertiary alicyclic amines) is 1. The van der Waals surface area contributed by atoms with Crippen LogP contribution in [0.1, 0.15) is 48.8 Å². The lowest BCUT2D eigenvalue weighted by atomic mass is 9.90. The molecule has 3 aromatic carbocycles. The van der Waals surface area contributed by atoms with Crippen molar-refractivity contribution in [1.29, 1.82) is 0 Å². The Morgan fingerprint density at radius 2 is 1.68 bits per heavy atom. The van der Waals surface area contributed by atoms with Gasteiger partial charge >= 0.3 is 0 Å². The van der Waals surface area contributed by atoms with Gasteiger partial charge in [-0.05, 0) is 54.8 Å². The maximum Gasteiger partial charge on any atom is 0.261 e. The molecule has 0 unspecified atom stereocenters. The van der Waals surface area contributed by atoms with Crippen LogP contribution in [0, 0.1) is 5.92 Å². The Bertz CT molecular complexity index is 1330. The Balaban J connectivity index is 1.37. The highest BCUT2D eigenvalue weighted by Crippen LogP contribution is 2.42. The van der Waals surface area contributed by atoms with Crippen LogP contribution in [0.3, 0.4) is 0 Å². The molecule has 2 heterocycles. The second-order valence-electron chi connectivity index (χ2n) is 10.6. The van der Waals surface area contributed by atoms with Crippen molar-refractivity contribution in [3.63, 3.8) is 0 Å². The van der Waals surface area contributed by atoms with E-state index in [9.17, 15) is 13.5 Å². The molecule has 2 saturated heterocycles. The molecule has 40 heavy (non-hydrogen) atoms. The Hall–Kier alpha value is -2.79. The van der Waals surface area contributed by atoms with E-state index in [-0.39, 0.29) is 29.6 Å². The first-order chi connectivity index (χ1) is 19.4. The number of nitrogens with one attached hydrogen (secondary N) is 1. The summed E-state index contributed by atoms with van der Waals surface area (Å²) in [4.78, 5) is 2.67. The third-order valence-corrected chi connectivity index (χ3v) is 9.28. The number of ether oxygens (including phenoxy) is 3. The summed E-state index contributed by atoms with van der Waals surface area (Å²) in [5, 5.41) is 9.50. The fraction of sp³-hybridized carbons (Fsp3) is 0.419. The molecular formula is C31H38N2O6S. The molecule has 0 aromatic heterocycles. The summed E-state index contributed by atoms with van der Waals surface area (Å²) in [5.74, 6) is 0.0805. The van der Waals surface area contributed by atoms with E-state index < -0.39 is 16.3 Å². The van der Waals surface area contributed by atoms with Crippen molar-refractivity contribution in [3.05, 3.63) is 95.6 Å². The molecule has 214 valence electrons. The van der Waals surface area contributed by atoms with Crippen LogP contribution in [0.25, 0.3) is 0 Å². The van der Waals surface area contributed by atoms with E-state index in [1.165, 1.54) is 0 Å². The highest BCUT2D eigenvalue weighted by Gasteiger charge is 2.40. The molecule has 0 radical (unpaired) electrons. The number of methoxy groups -OCH3 is 1. The fourth-order valence-electron chi connectivity index (χ4n) is 5.60. The predicted molar refractivity (Wildman–Crippen MR) is 153 cm³/mol. The SMILES string of the molecule is COC[C@@H]1CCCN1C[C@@H]1O[C@H](c2ccc(NS(=O)(=O)c3ccccc3)cc2)O[C@H](c2ccc(CO)cc2)[C@@H]1C. The van der Waals surface area contributed by atoms with E-state index >= 15 is 0 Å². The Kier molecular flexibility index (Phi) is 9.20. The topological polar surface area (TPSA) is 97.3 Å². The van der Waals surface area contributed by atoms with Gasteiger partial charge in [0.15, 0.2) is 6.29 Å². The maximum absolute atomic E-state index is 12.8. The molecule has 0 amide bonds. The second-order valence-corrected chi connectivity index (χ2v) is 12.3. The quantitative estimate of drug-likeness (QED) is 0.361. The lowest BCUT2D eigenvalue weighted by Crippen LogP contribution is -2.46. The molecule has 8 nitrogen and oxygen atoms in total. The molecule has 2 aliphatic rings. The number of aliphatic hydroxyl groups excluding tert-OH is 1. The summed E-state index contributed by atoms with van der Waals surface area (Å²) in [5.41, 5.74) is 3.16. The Labute approximate surface area is 236 Å². The molecule has 2 N–H and O–H groups in total. The third kappa shape index (κ3) is 6.57. The Morgan fingerprint density at radius 1 is 0.975 bits per heavy atom. The zero-order valence-electron chi connectivity index (χ0n) is 23.0. The largest absolute Gasteiger partial charge is 0.392 e. The van der Waals surface area contributed by atoms with E-state index in [1.54, 1.807) is 49.6 Å². The zero-order valence-corrected chi connectivity index (χ0v) is 23.8. The van der Waals surface area contributed by atoms with Crippen LogP contribution in [-0.4, -0.2) is 57.4 Å². The first kappa shape index (κ1) is 28.7. The summed E-state index contributed by atoms with van der Waals surface area (Å²) < 4.78 is 46.8. The van der Waals surface area contributed by atoms with Crippen molar-refractivity contribution in [2.24, 2.45) is 5.92 Å². The molecular weight excluding hydrogens is 528 g/mol. The van der Waals surface area contributed by atoms with Crippen LogP contribution in [-0.2, 0) is 30.8 Å². The van der Waals surface area contributed by atoms with Crippen molar-refractivity contribution in [1.82, 2.24) is 4.90 Å². The van der Waals surface area contributed by atoms with Crippen LogP contribution in [0.2, 0.25) is 0 Å². The van der Waals surface area contributed by atoms with Crippen molar-refractivity contribution < 1.29 is 27.7 Å². The summed E-state index contributed by atoms with van der Waals surface area (Å²) in [6.07, 6.45) is 1.33. The number of benzene rings is 3. The van der Waals surface area contributed by atoms with Gasteiger partial charge in [-0.15, -0.1) is 0 Å². The third-order valence-electron chi connectivity index (χ3n) is 7.88. The predicted octanol–water partition coefficient (Wildman–Crippen LogP) is 4.88. The summed E-state index contributed by atoms with van der Waals surface area (Å²) in [6.45, 7) is 4.64. The van der Waals surface area contributed by atoms with Crippen LogP contribution in [0.4, 0.5) is 5.69 Å². The minimum absolute atomic E-state index is 0.00799. The van der Waals surface area contributed by atoms with E-state index in [1.807, 2.05) is 36.4 Å². The van der Waals surface area contributed by atoms with Gasteiger partial charge < -0.3 is 19.3 Å². The van der Waals surface area contributed by atoms with Crippen molar-refractivity contribution in [3.8, 4) is 0 Å². The van der Waals surface area contributed by atoms with Gasteiger partial charge in [0.25, 0.3) is 10.0 Å². The van der Waals surface area contributed by atoms with Crippen molar-refractivity contribution >= 4 is 15.7 Å². The molecule has 5 atom stereocenters. The monoisotopic (exact) mass is 566 g/mol. The highest BCUT2D eigenvalue weighted by atomic mass is 32.2. The molecule has 2 fully saturated rings. The average molecular weight is 567 g/mol. The first-order valence-corrected chi connectivity index (χ1v) is 15.3. The first-order valence-electron chi connectivity index (χ1n) is 13.8. The molecule has 0 aliphatic carbocycles. The van der Waals surface area contributed by atoms with Crippen molar-refractivity contribution in [2.75, 3.05) is 31.5 Å². The molecule has 2 aliphatic heterocycles. The second kappa shape index (κ2) is 12.8. The normalized spacial score (nSPS) is 25.6. The number of hydrogen-bond donors (Lipinski definition) is 2. The molecule has 5 rings (SSSR count). The van der Waals surface area contributed by atoms with Crippen LogP contribution >= 0.6 is 0 Å². The minimum Gasteiger partial charge on any atom is -0.392 e. The summed E-state index contributed by atoms with van der Waals surface area (Å²) >= 11 is 0. The number of nitrogens with zero attached hydrogens (tertiary/aromatic N) is 1. The van der Waals surface area contributed by atoms with Gasteiger partial charge in [-0.2, -0.15) is 0 Å². The van der Waals surface area contributed by atoms with Crippen LogP contribution in [0.5, 0.6) is 0 Å². The van der Waals surface area contributed by atoms with Crippen LogP contribution < -0.4 is 4.72 Å². The van der Waals surface area contributed by atoms with Crippen LogP contribution in [0.15, 0.2) is 83.8 Å². The number of aliphatic hydroxyl groups is 1. The van der Waals surface area contributed by atoms with E-state index in [0.717, 1.165) is 42.6 Å². The van der Waals surface area contributed by atoms with E-state index in [0.29, 0.717) is 18.3 Å². The summed E-state index contributed by atoms with van der Waals surface area (Å²) in [7, 11) is -1.94. The van der Waals surface area contributed by atoms with Gasteiger partial charge in [0.1, 0.15) is 0 Å². The molecule has 0 spiro atoms. The summed E-state index contributed by atoms with van der Waals surface area (Å²) in [6, 6.07) is 23.7. The van der Waals surface area contributed by atoms with Gasteiger partial charge in [0.05, 0.1) is 30.3 Å². The molecule has 3 aromatic rings. The van der Waals surface area contributed by atoms with Gasteiger partial charge in [-0.25, -0.2) is 8.42 Å². The zero-order chi connectivity index (χ0) is 28.1. The fourth-order valence-corrected chi connectivity index (χ4v) is 6.68. The van der Waals surface area contributed by atoms with Gasteiger partial charge in [0, 0.05) is 36.9 Å². The number of rotatable bonds is 10. The van der Waals surface area contributed by atoms with Gasteiger partial charge in [-0.3, -0.25) is 9.62 Å². The molecule has 9 heteroatoms. The minimum atomic E-state index is -3.69. The van der Waals surface area contributed by atoms with Gasteiger partial charge in [-0.1, -0.05) is 61.5 Å². The Morgan fingerprint density at radius 3 is 2.35 bits per heavy atom. The number of hydrogen-bond acceptors (Lipinski definition) is 7. The number of sulfonamides is 1. The average Bonchev–Trinajstić information content (AvgIpc) is 3.41. The standard InChI is InChI=1S/C31H38N2O6S/c1-22-29(19-33-18-6-7-27(33)21-37-2)38-31(39-30(22)24-12-10-23(20-34)11-13-24)25-14-16-26(17-15-25)32-40(35,36)28-8-4-3-5-9-28/h3-5,8-17,22,27,29-32,34H,6-7,18-21H2,1-2H3/t22-,27+,29+,30+,31+/m1/s1. The lowest BCUT2D eigenvalue weighted by molar-refractivity contribution is -0.276. The van der Waals surface area contributed by atoms with E-state index in [2.05, 4.69) is 16.5 Å². The maximum atomic E-state index is 12.8. The molecule has 0 bridgehead atoms. The smallest absolute Gasteiger partial charge is 0.261 e.